The van der Waals surface area contributed by atoms with E-state index < -0.39 is 12.3 Å². The lowest BCUT2D eigenvalue weighted by molar-refractivity contribution is 0.569. The van der Waals surface area contributed by atoms with Crippen LogP contribution in [0.4, 0.5) is 0 Å². The van der Waals surface area contributed by atoms with Crippen LogP contribution in [0.25, 0.3) is 10.9 Å². The van der Waals surface area contributed by atoms with Crippen molar-refractivity contribution in [1.29, 1.82) is 0 Å². The smallest absolute Gasteiger partial charge is 0.162 e. The second-order valence-corrected chi connectivity index (χ2v) is 13.2. The maximum atomic E-state index is 16.5. The minimum atomic E-state index is -3.30. The third kappa shape index (κ3) is 2.55. The van der Waals surface area contributed by atoms with E-state index in [9.17, 15) is 0 Å². The van der Waals surface area contributed by atoms with Gasteiger partial charge in [0.05, 0.1) is 0 Å². The lowest BCUT2D eigenvalue weighted by Gasteiger charge is -2.52. The Morgan fingerprint density at radius 2 is 1.00 bits per heavy atom. The normalized spacial score (nSPS) is 24.4. The van der Waals surface area contributed by atoms with Crippen molar-refractivity contribution in [1.82, 2.24) is 0 Å². The molecule has 1 heterocycles. The Balaban J connectivity index is 1.62. The highest BCUT2D eigenvalue weighted by Crippen LogP contribution is 2.84. The van der Waals surface area contributed by atoms with Gasteiger partial charge in [-0.25, -0.2) is 0 Å². The predicted octanol–water partition coefficient (Wildman–Crippen LogP) is 8.59. The molecule has 1 nitrogen and oxygen atoms in total. The van der Waals surface area contributed by atoms with E-state index >= 15 is 4.57 Å². The summed E-state index contributed by atoms with van der Waals surface area (Å²) in [5.74, 6) is 0.0947. The van der Waals surface area contributed by atoms with E-state index in [0.29, 0.717) is 0 Å². The standard InChI is InChI=1S/C36H25OP/c37-38(27-18-8-3-9-19-27)33(25-14-4-1-5-15-25)24-32-34(26-16-6-2-7-17-26)35-28-20-10-12-22-30(28)36(32,38)31-23-13-11-21-29(31)35/h1-24,35H. The molecular weight excluding hydrogens is 479 g/mol. The van der Waals surface area contributed by atoms with Gasteiger partial charge in [-0.05, 0) is 50.6 Å². The molecule has 1 unspecified atom stereocenters. The van der Waals surface area contributed by atoms with Gasteiger partial charge in [0.1, 0.15) is 5.16 Å². The summed E-state index contributed by atoms with van der Waals surface area (Å²) in [6.07, 6.45) is 2.30. The molecule has 3 aliphatic carbocycles. The Morgan fingerprint density at radius 3 is 1.58 bits per heavy atom. The first-order valence-corrected chi connectivity index (χ1v) is 14.9. The maximum Gasteiger partial charge on any atom is 0.162 e. The molecule has 9 rings (SSSR count). The molecule has 1 spiro atoms. The van der Waals surface area contributed by atoms with Gasteiger partial charge < -0.3 is 4.57 Å². The molecule has 0 amide bonds. The summed E-state index contributed by atoms with van der Waals surface area (Å²) in [7, 11) is -3.30. The number of benzene rings is 5. The fourth-order valence-corrected chi connectivity index (χ4v) is 11.4. The first-order valence-electron chi connectivity index (χ1n) is 13.2. The summed E-state index contributed by atoms with van der Waals surface area (Å²) in [4.78, 5) is 0. The second-order valence-electron chi connectivity index (χ2n) is 10.4. The van der Waals surface area contributed by atoms with Crippen LogP contribution in [0.1, 0.15) is 39.3 Å². The third-order valence-corrected chi connectivity index (χ3v) is 12.4. The molecule has 2 bridgehead atoms. The Kier molecular flexibility index (Phi) is 4.55. The zero-order chi connectivity index (χ0) is 25.3. The fourth-order valence-electron chi connectivity index (χ4n) is 7.30. The first-order chi connectivity index (χ1) is 18.8. The van der Waals surface area contributed by atoms with Crippen LogP contribution in [-0.2, 0) is 9.72 Å². The van der Waals surface area contributed by atoms with Gasteiger partial charge in [0.25, 0.3) is 0 Å². The van der Waals surface area contributed by atoms with Gasteiger partial charge in [0, 0.05) is 16.5 Å². The van der Waals surface area contributed by atoms with Gasteiger partial charge in [-0.15, -0.1) is 0 Å². The SMILES string of the molecule is O=P1(c2ccccc2)C(c2ccccc2)=CC2=C(c3ccccc3)C3c4ccccc4C21c1ccccc13. The highest BCUT2D eigenvalue weighted by atomic mass is 31.2. The largest absolute Gasteiger partial charge is 0.312 e. The summed E-state index contributed by atoms with van der Waals surface area (Å²) in [5, 5.41) is 1.06. The third-order valence-electron chi connectivity index (χ3n) is 8.66. The number of rotatable bonds is 3. The molecule has 0 aromatic heterocycles. The molecule has 4 aliphatic rings. The van der Waals surface area contributed by atoms with Crippen LogP contribution < -0.4 is 5.30 Å². The fraction of sp³-hybridized carbons (Fsp3) is 0.0556. The van der Waals surface area contributed by atoms with Crippen molar-refractivity contribution in [2.75, 3.05) is 0 Å². The lowest BCUT2D eigenvalue weighted by Crippen LogP contribution is -2.41. The molecule has 1 atom stereocenters. The van der Waals surface area contributed by atoms with E-state index in [-0.39, 0.29) is 5.92 Å². The van der Waals surface area contributed by atoms with Crippen molar-refractivity contribution in [3.05, 3.63) is 185 Å². The molecule has 0 fully saturated rings. The van der Waals surface area contributed by atoms with E-state index in [4.69, 9.17) is 0 Å². The van der Waals surface area contributed by atoms with E-state index in [0.717, 1.165) is 16.2 Å². The molecule has 0 radical (unpaired) electrons. The van der Waals surface area contributed by atoms with Gasteiger partial charge in [0.15, 0.2) is 7.14 Å². The van der Waals surface area contributed by atoms with Crippen molar-refractivity contribution in [3.8, 4) is 0 Å². The highest BCUT2D eigenvalue weighted by Gasteiger charge is 2.66. The summed E-state index contributed by atoms with van der Waals surface area (Å²) in [6.45, 7) is 0. The Bertz CT molecular complexity index is 1780. The highest BCUT2D eigenvalue weighted by molar-refractivity contribution is 7.83. The van der Waals surface area contributed by atoms with E-state index in [1.165, 1.54) is 39.0 Å². The number of allylic oxidation sites excluding steroid dienone is 3. The van der Waals surface area contributed by atoms with Gasteiger partial charge >= 0.3 is 0 Å². The van der Waals surface area contributed by atoms with Crippen LogP contribution in [-0.4, -0.2) is 0 Å². The molecule has 180 valence electrons. The minimum absolute atomic E-state index is 0.0947. The molecule has 0 saturated heterocycles. The first kappa shape index (κ1) is 21.9. The lowest BCUT2D eigenvalue weighted by atomic mass is 9.59. The predicted molar refractivity (Wildman–Crippen MR) is 157 cm³/mol. The molecule has 38 heavy (non-hydrogen) atoms. The van der Waals surface area contributed by atoms with Gasteiger partial charge in [-0.1, -0.05) is 140 Å². The summed E-state index contributed by atoms with van der Waals surface area (Å²) in [5.41, 5.74) is 9.62. The van der Waals surface area contributed by atoms with Crippen molar-refractivity contribution in [2.24, 2.45) is 0 Å². The Hall–Kier alpha value is -4.19. The summed E-state index contributed by atoms with van der Waals surface area (Å²) < 4.78 is 16.5. The minimum Gasteiger partial charge on any atom is -0.312 e. The maximum absolute atomic E-state index is 16.5. The van der Waals surface area contributed by atoms with Gasteiger partial charge in [-0.2, -0.15) is 0 Å². The monoisotopic (exact) mass is 504 g/mol. The average Bonchev–Trinajstić information content (AvgIpc) is 3.29. The van der Waals surface area contributed by atoms with Crippen LogP contribution in [0.15, 0.2) is 151 Å². The van der Waals surface area contributed by atoms with Crippen molar-refractivity contribution < 1.29 is 4.57 Å². The summed E-state index contributed by atoms with van der Waals surface area (Å²) in [6, 6.07) is 48.8. The van der Waals surface area contributed by atoms with Crippen LogP contribution in [0.2, 0.25) is 0 Å². The van der Waals surface area contributed by atoms with E-state index in [2.05, 4.69) is 121 Å². The van der Waals surface area contributed by atoms with E-state index in [1.54, 1.807) is 0 Å². The molecular formula is C36H25OP. The Labute approximate surface area is 223 Å². The molecule has 0 saturated carbocycles. The molecule has 0 N–H and O–H groups in total. The van der Waals surface area contributed by atoms with Crippen LogP contribution in [0.5, 0.6) is 0 Å². The zero-order valence-electron chi connectivity index (χ0n) is 20.8. The molecule has 2 heteroatoms. The average molecular weight is 505 g/mol. The van der Waals surface area contributed by atoms with Crippen molar-refractivity contribution >= 4 is 23.3 Å². The zero-order valence-corrected chi connectivity index (χ0v) is 21.7. The van der Waals surface area contributed by atoms with Crippen LogP contribution in [0.3, 0.4) is 0 Å². The topological polar surface area (TPSA) is 17.1 Å². The molecule has 5 aromatic carbocycles. The Morgan fingerprint density at radius 1 is 0.526 bits per heavy atom. The molecule has 1 aliphatic heterocycles. The van der Waals surface area contributed by atoms with Crippen molar-refractivity contribution in [2.45, 2.75) is 11.1 Å². The number of hydrogen-bond donors (Lipinski definition) is 0. The molecule has 5 aromatic rings. The quantitative estimate of drug-likeness (QED) is 0.225. The number of hydrogen-bond acceptors (Lipinski definition) is 1. The van der Waals surface area contributed by atoms with Crippen LogP contribution >= 0.6 is 7.14 Å². The van der Waals surface area contributed by atoms with E-state index in [1.807, 2.05) is 24.3 Å². The van der Waals surface area contributed by atoms with Gasteiger partial charge in [0.2, 0.25) is 0 Å². The summed E-state index contributed by atoms with van der Waals surface area (Å²) >= 11 is 0. The van der Waals surface area contributed by atoms with Gasteiger partial charge in [-0.3, -0.25) is 0 Å². The second kappa shape index (κ2) is 7.90. The van der Waals surface area contributed by atoms with Crippen molar-refractivity contribution in [3.63, 3.8) is 0 Å². The van der Waals surface area contributed by atoms with Crippen LogP contribution in [0, 0.1) is 0 Å².